The molecule has 3 atom stereocenters. The maximum atomic E-state index is 12.6. The number of carbonyl (C=O) groups is 2. The van der Waals surface area contributed by atoms with Crippen LogP contribution in [0.3, 0.4) is 0 Å². The molecule has 0 spiro atoms. The molecule has 2 aliphatic rings. The minimum absolute atomic E-state index is 0.155. The summed E-state index contributed by atoms with van der Waals surface area (Å²) < 4.78 is 0. The number of hydrogen-bond donors (Lipinski definition) is 1. The van der Waals surface area contributed by atoms with Crippen LogP contribution in [0.1, 0.15) is 46.0 Å². The van der Waals surface area contributed by atoms with Crippen molar-refractivity contribution in [2.45, 2.75) is 52.0 Å². The predicted molar refractivity (Wildman–Crippen MR) is 76.5 cm³/mol. The van der Waals surface area contributed by atoms with Gasteiger partial charge < -0.3 is 14.9 Å². The average molecular weight is 282 g/mol. The number of carboxylic acids is 1. The van der Waals surface area contributed by atoms with E-state index in [-0.39, 0.29) is 12.5 Å². The number of carbonyl (C=O) groups excluding carboxylic acids is 1. The van der Waals surface area contributed by atoms with Crippen molar-refractivity contribution in [3.8, 4) is 0 Å². The van der Waals surface area contributed by atoms with Gasteiger partial charge in [-0.1, -0.05) is 6.92 Å². The number of urea groups is 1. The van der Waals surface area contributed by atoms with Gasteiger partial charge in [0.2, 0.25) is 0 Å². The molecule has 20 heavy (non-hydrogen) atoms. The molecule has 5 nitrogen and oxygen atoms in total. The minimum Gasteiger partial charge on any atom is -0.481 e. The molecule has 114 valence electrons. The molecule has 0 aromatic carbocycles. The molecule has 0 bridgehead atoms. The van der Waals surface area contributed by atoms with Crippen molar-refractivity contribution in [2.75, 3.05) is 19.6 Å². The van der Waals surface area contributed by atoms with Crippen molar-refractivity contribution in [2.24, 2.45) is 11.8 Å². The number of rotatable bonds is 3. The van der Waals surface area contributed by atoms with Crippen LogP contribution in [0, 0.1) is 11.8 Å². The van der Waals surface area contributed by atoms with E-state index in [1.54, 1.807) is 0 Å². The number of carboxylic acid groups (broad SMARTS) is 1. The Hall–Kier alpha value is -1.26. The second-order valence-electron chi connectivity index (χ2n) is 6.51. The molecule has 0 radical (unpaired) electrons. The Bertz CT molecular complexity index is 372. The van der Waals surface area contributed by atoms with Crippen LogP contribution in [0.25, 0.3) is 0 Å². The summed E-state index contributed by atoms with van der Waals surface area (Å²) in [6.45, 7) is 6.71. The molecule has 3 unspecified atom stereocenters. The van der Waals surface area contributed by atoms with Gasteiger partial charge in [0, 0.05) is 32.1 Å². The van der Waals surface area contributed by atoms with Gasteiger partial charge in [-0.15, -0.1) is 0 Å². The van der Waals surface area contributed by atoms with Crippen molar-refractivity contribution < 1.29 is 14.7 Å². The van der Waals surface area contributed by atoms with Crippen LogP contribution in [0.5, 0.6) is 0 Å². The highest BCUT2D eigenvalue weighted by molar-refractivity contribution is 5.75. The summed E-state index contributed by atoms with van der Waals surface area (Å²) in [5.74, 6) is 0.191. The number of aliphatic carboxylic acids is 1. The van der Waals surface area contributed by atoms with E-state index in [4.69, 9.17) is 5.11 Å². The molecule has 2 aliphatic heterocycles. The van der Waals surface area contributed by atoms with Crippen LogP contribution in [-0.2, 0) is 4.79 Å². The van der Waals surface area contributed by atoms with Crippen LogP contribution in [0.2, 0.25) is 0 Å². The predicted octanol–water partition coefficient (Wildman–Crippen LogP) is 2.41. The lowest BCUT2D eigenvalue weighted by molar-refractivity contribution is -0.137. The maximum absolute atomic E-state index is 12.6. The summed E-state index contributed by atoms with van der Waals surface area (Å²) in [5, 5.41) is 8.77. The summed E-state index contributed by atoms with van der Waals surface area (Å²) in [5.41, 5.74) is 0. The average Bonchev–Trinajstić information content (AvgIpc) is 2.75. The Morgan fingerprint density at radius 1 is 1.25 bits per heavy atom. The van der Waals surface area contributed by atoms with E-state index in [1.807, 2.05) is 9.80 Å². The molecule has 1 N–H and O–H groups in total. The molecule has 0 saturated carbocycles. The standard InChI is InChI=1S/C15H26N2O3/c1-11-8-12(2)17(9-11)15(20)16-7-3-4-13(10-16)5-6-14(18)19/h11-13H,3-10H2,1-2H3,(H,18,19). The van der Waals surface area contributed by atoms with E-state index in [0.717, 1.165) is 38.9 Å². The number of likely N-dealkylation sites (tertiary alicyclic amines) is 2. The van der Waals surface area contributed by atoms with Crippen molar-refractivity contribution in [3.63, 3.8) is 0 Å². The zero-order valence-electron chi connectivity index (χ0n) is 12.5. The molecular weight excluding hydrogens is 256 g/mol. The Kier molecular flexibility index (Phi) is 4.89. The van der Waals surface area contributed by atoms with Crippen LogP contribution in [0.15, 0.2) is 0 Å². The van der Waals surface area contributed by atoms with Gasteiger partial charge in [0.1, 0.15) is 0 Å². The van der Waals surface area contributed by atoms with Gasteiger partial charge >= 0.3 is 12.0 Å². The molecule has 2 saturated heterocycles. The molecule has 2 fully saturated rings. The molecule has 0 aliphatic carbocycles. The lowest BCUT2D eigenvalue weighted by atomic mass is 9.93. The van der Waals surface area contributed by atoms with Crippen molar-refractivity contribution in [1.82, 2.24) is 9.80 Å². The summed E-state index contributed by atoms with van der Waals surface area (Å²) >= 11 is 0. The number of piperidine rings is 1. The fraction of sp³-hybridized carbons (Fsp3) is 0.867. The second kappa shape index (κ2) is 6.46. The molecule has 2 amide bonds. The second-order valence-corrected chi connectivity index (χ2v) is 6.51. The zero-order chi connectivity index (χ0) is 14.7. The van der Waals surface area contributed by atoms with E-state index in [0.29, 0.717) is 24.3 Å². The third-order valence-corrected chi connectivity index (χ3v) is 4.59. The zero-order valence-corrected chi connectivity index (χ0v) is 12.5. The first-order chi connectivity index (χ1) is 9.47. The number of amides is 2. The highest BCUT2D eigenvalue weighted by atomic mass is 16.4. The summed E-state index contributed by atoms with van der Waals surface area (Å²) in [6, 6.07) is 0.485. The van der Waals surface area contributed by atoms with Gasteiger partial charge in [0.05, 0.1) is 0 Å². The molecule has 0 aromatic rings. The summed E-state index contributed by atoms with van der Waals surface area (Å²) in [7, 11) is 0. The number of nitrogens with zero attached hydrogens (tertiary/aromatic N) is 2. The largest absolute Gasteiger partial charge is 0.481 e. The van der Waals surface area contributed by atoms with Crippen molar-refractivity contribution in [1.29, 1.82) is 0 Å². The molecule has 2 heterocycles. The molecule has 5 heteroatoms. The van der Waals surface area contributed by atoms with E-state index in [9.17, 15) is 9.59 Å². The minimum atomic E-state index is -0.740. The van der Waals surface area contributed by atoms with Crippen LogP contribution in [0.4, 0.5) is 4.79 Å². The Labute approximate surface area is 120 Å². The van der Waals surface area contributed by atoms with E-state index < -0.39 is 5.97 Å². The van der Waals surface area contributed by atoms with E-state index >= 15 is 0 Å². The van der Waals surface area contributed by atoms with Gasteiger partial charge in [-0.25, -0.2) is 4.79 Å². The van der Waals surface area contributed by atoms with Crippen molar-refractivity contribution in [3.05, 3.63) is 0 Å². The van der Waals surface area contributed by atoms with Gasteiger partial charge in [0.25, 0.3) is 0 Å². The Morgan fingerprint density at radius 3 is 2.60 bits per heavy atom. The van der Waals surface area contributed by atoms with Gasteiger partial charge in [0.15, 0.2) is 0 Å². The number of hydrogen-bond acceptors (Lipinski definition) is 2. The first-order valence-electron chi connectivity index (χ1n) is 7.74. The molecular formula is C15H26N2O3. The van der Waals surface area contributed by atoms with Gasteiger partial charge in [-0.2, -0.15) is 0 Å². The third-order valence-electron chi connectivity index (χ3n) is 4.59. The Morgan fingerprint density at radius 2 is 2.00 bits per heavy atom. The van der Waals surface area contributed by atoms with Crippen LogP contribution >= 0.6 is 0 Å². The highest BCUT2D eigenvalue weighted by Gasteiger charge is 2.34. The fourth-order valence-electron chi connectivity index (χ4n) is 3.55. The fourth-order valence-corrected chi connectivity index (χ4v) is 3.55. The van der Waals surface area contributed by atoms with Gasteiger partial charge in [-0.05, 0) is 44.4 Å². The first kappa shape index (κ1) is 15.1. The topological polar surface area (TPSA) is 60.9 Å². The molecule has 0 aromatic heterocycles. The quantitative estimate of drug-likeness (QED) is 0.864. The van der Waals surface area contributed by atoms with E-state index in [1.165, 1.54) is 0 Å². The lowest BCUT2D eigenvalue weighted by Crippen LogP contribution is -2.48. The first-order valence-corrected chi connectivity index (χ1v) is 7.74. The SMILES string of the molecule is CC1CC(C)N(C(=O)N2CCCC(CCC(=O)O)C2)C1. The van der Waals surface area contributed by atoms with E-state index in [2.05, 4.69) is 13.8 Å². The van der Waals surface area contributed by atoms with Crippen LogP contribution < -0.4 is 0 Å². The maximum Gasteiger partial charge on any atom is 0.320 e. The summed E-state index contributed by atoms with van der Waals surface area (Å²) in [4.78, 5) is 27.2. The van der Waals surface area contributed by atoms with Crippen molar-refractivity contribution >= 4 is 12.0 Å². The van der Waals surface area contributed by atoms with Gasteiger partial charge in [-0.3, -0.25) is 4.79 Å². The monoisotopic (exact) mass is 282 g/mol. The third kappa shape index (κ3) is 3.64. The lowest BCUT2D eigenvalue weighted by Gasteiger charge is -2.36. The highest BCUT2D eigenvalue weighted by Crippen LogP contribution is 2.27. The normalized spacial score (nSPS) is 30.6. The molecule has 2 rings (SSSR count). The Balaban J connectivity index is 1.88. The van der Waals surface area contributed by atoms with Crippen LogP contribution in [-0.4, -0.2) is 52.6 Å². The smallest absolute Gasteiger partial charge is 0.320 e. The summed E-state index contributed by atoms with van der Waals surface area (Å²) in [6.07, 6.45) is 4.02.